The Morgan fingerprint density at radius 3 is 2.54 bits per heavy atom. The van der Waals surface area contributed by atoms with Crippen molar-refractivity contribution in [1.82, 2.24) is 19.7 Å². The van der Waals surface area contributed by atoms with Gasteiger partial charge in [0, 0.05) is 25.6 Å². The fraction of sp³-hybridized carbons (Fsp3) is 0.550. The first kappa shape index (κ1) is 17.5. The zero-order chi connectivity index (χ0) is 18.1. The molecular weight excluding hydrogens is 344 g/mol. The highest BCUT2D eigenvalue weighted by atomic mass is 32.1. The van der Waals surface area contributed by atoms with E-state index in [1.165, 1.54) is 18.4 Å². The molecule has 2 aromatic rings. The topological polar surface area (TPSA) is 53.9 Å². The van der Waals surface area contributed by atoms with Crippen molar-refractivity contribution in [3.8, 4) is 0 Å². The number of aromatic nitrogens is 3. The largest absolute Gasteiger partial charge is 0.342 e. The van der Waals surface area contributed by atoms with E-state index in [4.69, 9.17) is 12.2 Å². The monoisotopic (exact) mass is 370 g/mol. The molecule has 1 aliphatic heterocycles. The Morgan fingerprint density at radius 2 is 1.92 bits per heavy atom. The number of aromatic amines is 1. The van der Waals surface area contributed by atoms with E-state index in [-0.39, 0.29) is 5.92 Å². The standard InChI is InChI=1S/C20H26N4OS/c1-2-24-18(21-22-20(24)26)16-10-12-23(13-11-16)19(25)17(15-8-9-15)14-6-4-3-5-7-14/h3-7,15-17H,2,8-13H2,1H3,(H,22,26)/t17-/m0/s1. The highest BCUT2D eigenvalue weighted by Gasteiger charge is 2.40. The number of likely N-dealkylation sites (tertiary alicyclic amines) is 1. The van der Waals surface area contributed by atoms with Crippen LogP contribution in [0.15, 0.2) is 30.3 Å². The first-order chi connectivity index (χ1) is 12.7. The maximum Gasteiger partial charge on any atom is 0.230 e. The summed E-state index contributed by atoms with van der Waals surface area (Å²) in [6.07, 6.45) is 4.26. The Hall–Kier alpha value is -1.95. The van der Waals surface area contributed by atoms with E-state index >= 15 is 0 Å². The number of rotatable bonds is 5. The Balaban J connectivity index is 1.45. The predicted octanol–water partition coefficient (Wildman–Crippen LogP) is 3.86. The van der Waals surface area contributed by atoms with Crippen LogP contribution in [-0.4, -0.2) is 38.7 Å². The lowest BCUT2D eigenvalue weighted by molar-refractivity contribution is -0.134. The van der Waals surface area contributed by atoms with Gasteiger partial charge in [-0.05, 0) is 56.3 Å². The SMILES string of the molecule is CCn1c(C2CCN(C(=O)[C@@H](c3ccccc3)C3CC3)CC2)n[nH]c1=S. The van der Waals surface area contributed by atoms with Crippen LogP contribution in [0.2, 0.25) is 0 Å². The molecule has 0 bridgehead atoms. The van der Waals surface area contributed by atoms with Crippen LogP contribution in [0.25, 0.3) is 0 Å². The minimum Gasteiger partial charge on any atom is -0.342 e. The van der Waals surface area contributed by atoms with E-state index in [1.54, 1.807) is 0 Å². The summed E-state index contributed by atoms with van der Waals surface area (Å²) in [7, 11) is 0. The Morgan fingerprint density at radius 1 is 1.23 bits per heavy atom. The van der Waals surface area contributed by atoms with E-state index in [2.05, 4.69) is 38.7 Å². The molecule has 138 valence electrons. The molecule has 2 aliphatic rings. The predicted molar refractivity (Wildman–Crippen MR) is 104 cm³/mol. The molecule has 1 aliphatic carbocycles. The van der Waals surface area contributed by atoms with Gasteiger partial charge in [0.15, 0.2) is 4.77 Å². The van der Waals surface area contributed by atoms with Gasteiger partial charge in [0.1, 0.15) is 5.82 Å². The molecule has 0 radical (unpaired) electrons. The zero-order valence-electron chi connectivity index (χ0n) is 15.2. The van der Waals surface area contributed by atoms with Crippen molar-refractivity contribution in [2.75, 3.05) is 13.1 Å². The molecule has 0 spiro atoms. The first-order valence-corrected chi connectivity index (χ1v) is 10.1. The van der Waals surface area contributed by atoms with Gasteiger partial charge in [-0.3, -0.25) is 9.89 Å². The maximum atomic E-state index is 13.2. The summed E-state index contributed by atoms with van der Waals surface area (Å²) < 4.78 is 2.77. The third kappa shape index (κ3) is 3.34. The fourth-order valence-electron chi connectivity index (χ4n) is 4.21. The van der Waals surface area contributed by atoms with E-state index in [0.717, 1.165) is 38.3 Å². The van der Waals surface area contributed by atoms with Gasteiger partial charge in [0.05, 0.1) is 5.92 Å². The summed E-state index contributed by atoms with van der Waals surface area (Å²) in [5.41, 5.74) is 1.17. The second-order valence-corrected chi connectivity index (χ2v) is 7.84. The van der Waals surface area contributed by atoms with Crippen LogP contribution in [0.3, 0.4) is 0 Å². The molecule has 26 heavy (non-hydrogen) atoms. The van der Waals surface area contributed by atoms with Crippen LogP contribution in [0.4, 0.5) is 0 Å². The van der Waals surface area contributed by atoms with Gasteiger partial charge in [-0.15, -0.1) is 0 Å². The molecule has 1 atom stereocenters. The molecule has 2 heterocycles. The van der Waals surface area contributed by atoms with Gasteiger partial charge in [0.25, 0.3) is 0 Å². The van der Waals surface area contributed by atoms with Gasteiger partial charge in [0.2, 0.25) is 5.91 Å². The van der Waals surface area contributed by atoms with Crippen LogP contribution in [0.5, 0.6) is 0 Å². The van der Waals surface area contributed by atoms with E-state index in [9.17, 15) is 4.79 Å². The smallest absolute Gasteiger partial charge is 0.230 e. The number of H-pyrrole nitrogens is 1. The number of nitrogens with zero attached hydrogens (tertiary/aromatic N) is 3. The molecule has 1 aromatic heterocycles. The number of amides is 1. The maximum absolute atomic E-state index is 13.2. The summed E-state index contributed by atoms with van der Waals surface area (Å²) >= 11 is 5.31. The average Bonchev–Trinajstić information content (AvgIpc) is 3.44. The summed E-state index contributed by atoms with van der Waals surface area (Å²) in [5.74, 6) is 2.30. The average molecular weight is 371 g/mol. The van der Waals surface area contributed by atoms with Gasteiger partial charge in [-0.1, -0.05) is 30.3 Å². The third-order valence-corrected chi connectivity index (χ3v) is 6.11. The molecule has 1 N–H and O–H groups in total. The van der Waals surface area contributed by atoms with Crippen molar-refractivity contribution in [2.45, 2.75) is 51.0 Å². The minimum absolute atomic E-state index is 0.0398. The van der Waals surface area contributed by atoms with Gasteiger partial charge >= 0.3 is 0 Å². The quantitative estimate of drug-likeness (QED) is 0.813. The van der Waals surface area contributed by atoms with Crippen molar-refractivity contribution in [2.24, 2.45) is 5.92 Å². The summed E-state index contributed by atoms with van der Waals surface area (Å²) in [5, 5.41) is 7.36. The fourth-order valence-corrected chi connectivity index (χ4v) is 4.48. The van der Waals surface area contributed by atoms with E-state index < -0.39 is 0 Å². The van der Waals surface area contributed by atoms with Crippen LogP contribution in [0.1, 0.15) is 55.8 Å². The second-order valence-electron chi connectivity index (χ2n) is 7.46. The molecule has 1 amide bonds. The lowest BCUT2D eigenvalue weighted by Crippen LogP contribution is -2.41. The number of benzene rings is 1. The second kappa shape index (κ2) is 7.35. The lowest BCUT2D eigenvalue weighted by atomic mass is 9.90. The number of hydrogen-bond acceptors (Lipinski definition) is 3. The molecule has 1 saturated carbocycles. The molecule has 1 saturated heterocycles. The summed E-state index contributed by atoms with van der Waals surface area (Å²) in [4.78, 5) is 15.3. The summed E-state index contributed by atoms with van der Waals surface area (Å²) in [6, 6.07) is 10.3. The van der Waals surface area contributed by atoms with Crippen LogP contribution < -0.4 is 0 Å². The highest BCUT2D eigenvalue weighted by Crippen LogP contribution is 2.44. The molecule has 6 heteroatoms. The summed E-state index contributed by atoms with van der Waals surface area (Å²) in [6.45, 7) is 4.54. The van der Waals surface area contributed by atoms with Crippen molar-refractivity contribution >= 4 is 18.1 Å². The molecule has 1 aromatic carbocycles. The molecular formula is C20H26N4OS. The number of piperidine rings is 1. The Bertz CT molecular complexity index is 816. The van der Waals surface area contributed by atoms with Gasteiger partial charge in [-0.2, -0.15) is 5.10 Å². The lowest BCUT2D eigenvalue weighted by Gasteiger charge is -2.34. The third-order valence-electron chi connectivity index (χ3n) is 5.79. The molecule has 4 rings (SSSR count). The van der Waals surface area contributed by atoms with Crippen LogP contribution in [-0.2, 0) is 11.3 Å². The van der Waals surface area contributed by atoms with Crippen molar-refractivity contribution in [3.63, 3.8) is 0 Å². The zero-order valence-corrected chi connectivity index (χ0v) is 16.0. The van der Waals surface area contributed by atoms with Gasteiger partial charge in [-0.25, -0.2) is 0 Å². The molecule has 2 fully saturated rings. The molecule has 5 nitrogen and oxygen atoms in total. The minimum atomic E-state index is 0.0398. The number of nitrogens with one attached hydrogen (secondary N) is 1. The van der Waals surface area contributed by atoms with Crippen LogP contribution >= 0.6 is 12.2 Å². The Kier molecular flexibility index (Phi) is 4.94. The first-order valence-electron chi connectivity index (χ1n) is 9.68. The Labute approximate surface area is 159 Å². The van der Waals surface area contributed by atoms with Crippen molar-refractivity contribution in [3.05, 3.63) is 46.5 Å². The number of carbonyl (C=O) groups excluding carboxylic acids is 1. The van der Waals surface area contributed by atoms with E-state index in [1.807, 2.05) is 18.2 Å². The van der Waals surface area contributed by atoms with Crippen LogP contribution in [0, 0.1) is 10.7 Å². The highest BCUT2D eigenvalue weighted by molar-refractivity contribution is 7.71. The van der Waals surface area contributed by atoms with Gasteiger partial charge < -0.3 is 9.47 Å². The van der Waals surface area contributed by atoms with Crippen molar-refractivity contribution < 1.29 is 4.79 Å². The number of carbonyl (C=O) groups is 1. The van der Waals surface area contributed by atoms with E-state index in [0.29, 0.717) is 22.5 Å². The molecule has 0 unspecified atom stereocenters. The normalized spacial score (nSPS) is 19.5. The number of hydrogen-bond donors (Lipinski definition) is 1. The van der Waals surface area contributed by atoms with Crippen molar-refractivity contribution in [1.29, 1.82) is 0 Å².